The molecular formula is C33H34N6O14S4. The second-order valence-electron chi connectivity index (χ2n) is 11.5. The number of ether oxygens (including phenoxy) is 2. The maximum absolute atomic E-state index is 13.1. The Morgan fingerprint density at radius 3 is 1.98 bits per heavy atom. The van der Waals surface area contributed by atoms with Gasteiger partial charge in [-0.25, -0.2) is 16.8 Å². The summed E-state index contributed by atoms with van der Waals surface area (Å²) in [6.07, 6.45) is -0.516. The van der Waals surface area contributed by atoms with E-state index in [1.807, 2.05) is 0 Å². The first kappa shape index (κ1) is 43.9. The molecule has 0 unspecified atom stereocenters. The van der Waals surface area contributed by atoms with Crippen LogP contribution < -0.4 is 20.1 Å². The fourth-order valence-corrected chi connectivity index (χ4v) is 7.81. The van der Waals surface area contributed by atoms with Crippen LogP contribution in [0.5, 0.6) is 17.2 Å². The van der Waals surface area contributed by atoms with Crippen molar-refractivity contribution in [1.29, 1.82) is 0 Å². The van der Waals surface area contributed by atoms with Crippen molar-refractivity contribution < 1.29 is 62.2 Å². The van der Waals surface area contributed by atoms with Gasteiger partial charge in [0.15, 0.2) is 9.84 Å². The lowest BCUT2D eigenvalue weighted by Gasteiger charge is -2.13. The molecule has 0 spiro atoms. The van der Waals surface area contributed by atoms with Gasteiger partial charge in [-0.2, -0.15) is 16.8 Å². The summed E-state index contributed by atoms with van der Waals surface area (Å²) in [5.41, 5.74) is -1.42. The van der Waals surface area contributed by atoms with E-state index in [9.17, 15) is 52.7 Å². The molecule has 0 bridgehead atoms. The highest BCUT2D eigenvalue weighted by Crippen LogP contribution is 2.44. The lowest BCUT2D eigenvalue weighted by Crippen LogP contribution is -2.13. The molecule has 20 nitrogen and oxygen atoms in total. The Morgan fingerprint density at radius 2 is 1.40 bits per heavy atom. The van der Waals surface area contributed by atoms with Gasteiger partial charge < -0.3 is 25.2 Å². The summed E-state index contributed by atoms with van der Waals surface area (Å²) in [6, 6.07) is 8.52. The maximum atomic E-state index is 13.1. The molecule has 0 saturated carbocycles. The van der Waals surface area contributed by atoms with Gasteiger partial charge in [-0.05, 0) is 36.1 Å². The van der Waals surface area contributed by atoms with E-state index in [0.717, 1.165) is 41.8 Å². The number of azo groups is 2. The lowest BCUT2D eigenvalue weighted by molar-refractivity contribution is -0.116. The van der Waals surface area contributed by atoms with Crippen LogP contribution in [0.3, 0.4) is 0 Å². The van der Waals surface area contributed by atoms with E-state index in [2.05, 4.69) is 44.2 Å². The summed E-state index contributed by atoms with van der Waals surface area (Å²) < 4.78 is 128. The quantitative estimate of drug-likeness (QED) is 0.0589. The van der Waals surface area contributed by atoms with Gasteiger partial charge in [0, 0.05) is 42.5 Å². The van der Waals surface area contributed by atoms with Gasteiger partial charge in [-0.15, -0.1) is 20.5 Å². The zero-order valence-corrected chi connectivity index (χ0v) is 33.3. The van der Waals surface area contributed by atoms with Crippen molar-refractivity contribution in [2.75, 3.05) is 37.7 Å². The van der Waals surface area contributed by atoms with Crippen molar-refractivity contribution in [1.82, 2.24) is 0 Å². The Balaban J connectivity index is 1.95. The number of benzene rings is 4. The number of hydrogen-bond acceptors (Lipinski definition) is 17. The van der Waals surface area contributed by atoms with Crippen molar-refractivity contribution in [2.24, 2.45) is 20.5 Å². The van der Waals surface area contributed by atoms with Crippen molar-refractivity contribution in [3.63, 3.8) is 0 Å². The number of aromatic hydroxyl groups is 1. The third-order valence-corrected chi connectivity index (χ3v) is 12.3. The molecule has 0 radical (unpaired) electrons. The smallest absolute Gasteiger partial charge is 0.296 e. The second-order valence-corrected chi connectivity index (χ2v) is 18.3. The molecular weight excluding hydrogens is 833 g/mol. The summed E-state index contributed by atoms with van der Waals surface area (Å²) >= 11 is 0. The minimum atomic E-state index is -5.18. The van der Waals surface area contributed by atoms with Crippen LogP contribution >= 0.6 is 0 Å². The minimum Gasteiger partial charge on any atom is -0.507 e. The average molecular weight is 867 g/mol. The lowest BCUT2D eigenvalue weighted by atomic mass is 10.1. The number of phenols is 1. The number of carbonyl (C=O) groups excluding carboxylic acids is 1. The summed E-state index contributed by atoms with van der Waals surface area (Å²) in [4.78, 5) is 11.2. The predicted molar refractivity (Wildman–Crippen MR) is 208 cm³/mol. The van der Waals surface area contributed by atoms with Crippen molar-refractivity contribution >= 4 is 90.7 Å². The van der Waals surface area contributed by atoms with Crippen molar-refractivity contribution in [3.8, 4) is 17.2 Å². The summed E-state index contributed by atoms with van der Waals surface area (Å²) in [5, 5.41) is 33.6. The third-order valence-electron chi connectivity index (χ3n) is 7.84. The van der Waals surface area contributed by atoms with Gasteiger partial charge in [-0.3, -0.25) is 13.9 Å². The van der Waals surface area contributed by atoms with E-state index in [-0.39, 0.29) is 62.8 Å². The number of anilines is 2. The number of fused-ring (bicyclic) bond motifs is 1. The first-order valence-electron chi connectivity index (χ1n) is 15.8. The fraction of sp³-hybridized carbons (Fsp3) is 0.182. The fourth-order valence-electron chi connectivity index (χ4n) is 5.06. The molecule has 4 aromatic carbocycles. The van der Waals surface area contributed by atoms with Crippen LogP contribution in [0, 0.1) is 0 Å². The van der Waals surface area contributed by atoms with Crippen molar-refractivity contribution in [3.05, 3.63) is 72.5 Å². The Hall–Kier alpha value is -5.79. The van der Waals surface area contributed by atoms with Gasteiger partial charge >= 0.3 is 0 Å². The third kappa shape index (κ3) is 10.3. The second kappa shape index (κ2) is 17.1. The highest BCUT2D eigenvalue weighted by Gasteiger charge is 2.24. The number of sulfone groups is 2. The first-order valence-corrected chi connectivity index (χ1v) is 22.0. The number of phenolic OH excluding ortho intramolecular Hbond substituents is 1. The molecule has 4 aromatic rings. The van der Waals surface area contributed by atoms with Crippen LogP contribution in [-0.4, -0.2) is 80.8 Å². The van der Waals surface area contributed by atoms with Crippen LogP contribution in [0.1, 0.15) is 12.8 Å². The Kier molecular flexibility index (Phi) is 13.2. The van der Waals surface area contributed by atoms with E-state index in [0.29, 0.717) is 5.41 Å². The summed E-state index contributed by atoms with van der Waals surface area (Å²) in [6.45, 7) is 6.51. The molecule has 0 aliphatic rings. The molecule has 304 valence electrons. The molecule has 57 heavy (non-hydrogen) atoms. The normalized spacial score (nSPS) is 12.5. The standard InChI is InChI=1S/C33H34N6O14S4/c1-6-54(42,43)12-8-9-31(41)35-22-15-25(38-39-33-21(34-3)11-10-19-13-20(56(46,47)48)14-26(40)32(19)33)29(57(49,50)51)17-23(22)36-37-24-16-28(53-5)30(18-27(24)52-4)55(44,45)7-2/h6-7,10-11,13-18,34,40H,1-2,8-9,12H2,3-5H3,(H,35,41)(H,46,47,48)(H,49,50,51). The van der Waals surface area contributed by atoms with Crippen LogP contribution in [0.4, 0.5) is 34.1 Å². The molecule has 0 aliphatic carbocycles. The van der Waals surface area contributed by atoms with Crippen LogP contribution in [0.2, 0.25) is 0 Å². The molecule has 1 amide bonds. The largest absolute Gasteiger partial charge is 0.507 e. The number of hydrogen-bond donors (Lipinski definition) is 5. The summed E-state index contributed by atoms with van der Waals surface area (Å²) in [7, 11) is -13.8. The van der Waals surface area contributed by atoms with Gasteiger partial charge in [0.2, 0.25) is 15.7 Å². The molecule has 4 rings (SSSR count). The van der Waals surface area contributed by atoms with Gasteiger partial charge in [0.25, 0.3) is 20.2 Å². The number of nitrogens with zero attached hydrogens (tertiary/aromatic N) is 4. The number of carbonyl (C=O) groups is 1. The molecule has 5 N–H and O–H groups in total. The molecule has 0 aromatic heterocycles. The SMILES string of the molecule is C=CS(=O)(=O)CCCC(=O)Nc1cc(N=Nc2c(NC)ccc3cc(S(=O)(=O)O)cc(O)c23)c(S(=O)(=O)O)cc1N=Nc1cc(OC)c(S(=O)(=O)C=C)cc1OC. The van der Waals surface area contributed by atoms with E-state index in [1.54, 1.807) is 0 Å². The zero-order chi connectivity index (χ0) is 42.5. The minimum absolute atomic E-state index is 0.0648. The Morgan fingerprint density at radius 1 is 0.754 bits per heavy atom. The van der Waals surface area contributed by atoms with Gasteiger partial charge in [0.1, 0.15) is 49.8 Å². The summed E-state index contributed by atoms with van der Waals surface area (Å²) in [5.74, 6) is -2.20. The first-order chi connectivity index (χ1) is 26.6. The Bertz CT molecular complexity index is 2810. The highest BCUT2D eigenvalue weighted by atomic mass is 32.2. The molecule has 0 saturated heterocycles. The number of amides is 1. The Labute approximate surface area is 327 Å². The van der Waals surface area contributed by atoms with Gasteiger partial charge in [0.05, 0.1) is 41.6 Å². The van der Waals surface area contributed by atoms with E-state index < -0.39 is 78.5 Å². The number of nitrogens with one attached hydrogen (secondary N) is 2. The van der Waals surface area contributed by atoms with E-state index in [1.165, 1.54) is 33.4 Å². The average Bonchev–Trinajstić information content (AvgIpc) is 3.14. The van der Waals surface area contributed by atoms with Crippen LogP contribution in [-0.2, 0) is 44.7 Å². The predicted octanol–water partition coefficient (Wildman–Crippen LogP) is 6.12. The monoisotopic (exact) mass is 866 g/mol. The number of methoxy groups -OCH3 is 2. The highest BCUT2D eigenvalue weighted by molar-refractivity contribution is 7.94. The number of rotatable bonds is 17. The molecule has 24 heteroatoms. The topological polar surface area (TPSA) is 306 Å². The van der Waals surface area contributed by atoms with Crippen LogP contribution in [0.25, 0.3) is 10.8 Å². The van der Waals surface area contributed by atoms with Gasteiger partial charge in [-0.1, -0.05) is 19.2 Å². The molecule has 0 atom stereocenters. The van der Waals surface area contributed by atoms with Crippen molar-refractivity contribution in [2.45, 2.75) is 27.5 Å². The molecule has 0 heterocycles. The molecule has 0 fully saturated rings. The zero-order valence-electron chi connectivity index (χ0n) is 30.1. The van der Waals surface area contributed by atoms with E-state index in [4.69, 9.17) is 9.47 Å². The van der Waals surface area contributed by atoms with E-state index >= 15 is 0 Å². The molecule has 0 aliphatic heterocycles. The van der Waals surface area contributed by atoms with Crippen LogP contribution in [0.15, 0.2) is 108 Å². The maximum Gasteiger partial charge on any atom is 0.296 e.